The van der Waals surface area contributed by atoms with E-state index in [0.29, 0.717) is 60.3 Å². The standard InChI is InChI=1S/C16H18Cl2N4O3/c1-2-14-19-20-16(25-14)22-7-5-21(6-8-22)15(23)10-24-13-9-11(17)3-4-12(13)18/h3-4,9H,2,5-8,10H2,1H3. The zero-order valence-electron chi connectivity index (χ0n) is 13.7. The van der Waals surface area contributed by atoms with Crippen LogP contribution in [0.5, 0.6) is 5.75 Å². The third-order valence-corrected chi connectivity index (χ3v) is 4.45. The molecule has 1 aliphatic rings. The van der Waals surface area contributed by atoms with E-state index in [4.69, 9.17) is 32.4 Å². The molecule has 0 N–H and O–H groups in total. The van der Waals surface area contributed by atoms with Gasteiger partial charge in [-0.1, -0.05) is 35.2 Å². The molecule has 0 bridgehead atoms. The van der Waals surface area contributed by atoms with Crippen molar-refractivity contribution in [1.29, 1.82) is 0 Å². The zero-order chi connectivity index (χ0) is 17.8. The van der Waals surface area contributed by atoms with E-state index in [1.54, 1.807) is 23.1 Å². The van der Waals surface area contributed by atoms with Crippen LogP contribution in [0.1, 0.15) is 12.8 Å². The number of hydrogen-bond donors (Lipinski definition) is 0. The Labute approximate surface area is 155 Å². The van der Waals surface area contributed by atoms with Gasteiger partial charge < -0.3 is 19.0 Å². The predicted octanol–water partition coefficient (Wildman–Crippen LogP) is 2.67. The first-order chi connectivity index (χ1) is 12.1. The van der Waals surface area contributed by atoms with Gasteiger partial charge in [-0.2, -0.15) is 0 Å². The smallest absolute Gasteiger partial charge is 0.318 e. The van der Waals surface area contributed by atoms with Crippen LogP contribution in [-0.2, 0) is 11.2 Å². The molecule has 1 aromatic carbocycles. The molecule has 1 saturated heterocycles. The van der Waals surface area contributed by atoms with Crippen molar-refractivity contribution < 1.29 is 13.9 Å². The van der Waals surface area contributed by atoms with Crippen molar-refractivity contribution in [2.24, 2.45) is 0 Å². The van der Waals surface area contributed by atoms with Gasteiger partial charge in [-0.3, -0.25) is 4.79 Å². The van der Waals surface area contributed by atoms with Crippen LogP contribution in [0, 0.1) is 0 Å². The van der Waals surface area contributed by atoms with E-state index in [1.807, 2.05) is 11.8 Å². The molecule has 0 saturated carbocycles. The molecular weight excluding hydrogens is 367 g/mol. The summed E-state index contributed by atoms with van der Waals surface area (Å²) in [5.41, 5.74) is 0. The number of carbonyl (C=O) groups is 1. The highest BCUT2D eigenvalue weighted by atomic mass is 35.5. The SMILES string of the molecule is CCc1nnc(N2CCN(C(=O)COc3cc(Cl)ccc3Cl)CC2)o1. The van der Waals surface area contributed by atoms with E-state index in [9.17, 15) is 4.79 Å². The molecule has 1 fully saturated rings. The van der Waals surface area contributed by atoms with E-state index >= 15 is 0 Å². The number of aromatic nitrogens is 2. The first kappa shape index (κ1) is 17.8. The maximum Gasteiger partial charge on any atom is 0.318 e. The minimum absolute atomic E-state index is 0.0827. The lowest BCUT2D eigenvalue weighted by atomic mass is 10.3. The van der Waals surface area contributed by atoms with Crippen molar-refractivity contribution >= 4 is 35.1 Å². The van der Waals surface area contributed by atoms with Gasteiger partial charge in [-0.25, -0.2) is 0 Å². The molecule has 2 aromatic rings. The maximum atomic E-state index is 12.3. The number of ether oxygens (including phenoxy) is 1. The van der Waals surface area contributed by atoms with E-state index in [-0.39, 0.29) is 12.5 Å². The van der Waals surface area contributed by atoms with Crippen LogP contribution >= 0.6 is 23.2 Å². The molecule has 1 aromatic heterocycles. The number of halogens is 2. The van der Waals surface area contributed by atoms with Crippen molar-refractivity contribution in [2.45, 2.75) is 13.3 Å². The molecule has 0 spiro atoms. The summed E-state index contributed by atoms with van der Waals surface area (Å²) < 4.78 is 11.0. The van der Waals surface area contributed by atoms with Crippen molar-refractivity contribution in [1.82, 2.24) is 15.1 Å². The third kappa shape index (κ3) is 4.35. The van der Waals surface area contributed by atoms with Gasteiger partial charge in [-0.05, 0) is 12.1 Å². The Morgan fingerprint density at radius 1 is 1.24 bits per heavy atom. The van der Waals surface area contributed by atoms with Crippen LogP contribution in [0.25, 0.3) is 0 Å². The second-order valence-corrected chi connectivity index (χ2v) is 6.41. The van der Waals surface area contributed by atoms with Crippen molar-refractivity contribution in [3.8, 4) is 5.75 Å². The minimum Gasteiger partial charge on any atom is -0.482 e. The molecule has 134 valence electrons. The third-order valence-electron chi connectivity index (χ3n) is 3.91. The number of hydrogen-bond acceptors (Lipinski definition) is 6. The van der Waals surface area contributed by atoms with E-state index < -0.39 is 0 Å². The van der Waals surface area contributed by atoms with Crippen LogP contribution in [0.2, 0.25) is 10.0 Å². The molecule has 0 radical (unpaired) electrons. The van der Waals surface area contributed by atoms with Crippen LogP contribution in [0.4, 0.5) is 6.01 Å². The number of aryl methyl sites for hydroxylation is 1. The van der Waals surface area contributed by atoms with Crippen molar-refractivity contribution in [2.75, 3.05) is 37.7 Å². The fourth-order valence-electron chi connectivity index (χ4n) is 2.48. The fraction of sp³-hybridized carbons (Fsp3) is 0.438. The normalized spacial score (nSPS) is 14.7. The van der Waals surface area contributed by atoms with Gasteiger partial charge in [0, 0.05) is 43.7 Å². The van der Waals surface area contributed by atoms with Crippen LogP contribution in [-0.4, -0.2) is 53.8 Å². The Morgan fingerprint density at radius 2 is 2.00 bits per heavy atom. The average Bonchev–Trinajstić information content (AvgIpc) is 3.11. The molecule has 0 aliphatic carbocycles. The highest BCUT2D eigenvalue weighted by Gasteiger charge is 2.24. The second-order valence-electron chi connectivity index (χ2n) is 5.56. The van der Waals surface area contributed by atoms with Crippen LogP contribution in [0.3, 0.4) is 0 Å². The second kappa shape index (κ2) is 7.93. The van der Waals surface area contributed by atoms with Crippen molar-refractivity contribution in [3.63, 3.8) is 0 Å². The Hall–Kier alpha value is -1.99. The summed E-state index contributed by atoms with van der Waals surface area (Å²) in [7, 11) is 0. The molecule has 3 rings (SSSR count). The molecule has 0 atom stereocenters. The van der Waals surface area contributed by atoms with Gasteiger partial charge in [0.25, 0.3) is 5.91 Å². The minimum atomic E-state index is -0.101. The Balaban J connectivity index is 1.50. The lowest BCUT2D eigenvalue weighted by Crippen LogP contribution is -2.50. The molecule has 7 nitrogen and oxygen atoms in total. The highest BCUT2D eigenvalue weighted by molar-refractivity contribution is 6.34. The fourth-order valence-corrected chi connectivity index (χ4v) is 2.82. The number of benzene rings is 1. The zero-order valence-corrected chi connectivity index (χ0v) is 15.3. The topological polar surface area (TPSA) is 71.7 Å². The Bertz CT molecular complexity index is 745. The lowest BCUT2D eigenvalue weighted by molar-refractivity contribution is -0.133. The van der Waals surface area contributed by atoms with Crippen LogP contribution < -0.4 is 9.64 Å². The number of amides is 1. The molecule has 1 amide bonds. The average molecular weight is 385 g/mol. The first-order valence-corrected chi connectivity index (χ1v) is 8.75. The van der Waals surface area contributed by atoms with E-state index in [1.165, 1.54) is 0 Å². The maximum absolute atomic E-state index is 12.3. The highest BCUT2D eigenvalue weighted by Crippen LogP contribution is 2.27. The summed E-state index contributed by atoms with van der Waals surface area (Å²) in [4.78, 5) is 16.0. The molecule has 9 heteroatoms. The molecule has 2 heterocycles. The number of rotatable bonds is 5. The molecular formula is C16H18Cl2N4O3. The van der Waals surface area contributed by atoms with E-state index in [0.717, 1.165) is 0 Å². The van der Waals surface area contributed by atoms with Gasteiger partial charge >= 0.3 is 6.01 Å². The lowest BCUT2D eigenvalue weighted by Gasteiger charge is -2.33. The Kier molecular flexibility index (Phi) is 5.65. The largest absolute Gasteiger partial charge is 0.482 e. The summed E-state index contributed by atoms with van der Waals surface area (Å²) in [5.74, 6) is 0.912. The quantitative estimate of drug-likeness (QED) is 0.788. The summed E-state index contributed by atoms with van der Waals surface area (Å²) in [5, 5.41) is 8.92. The van der Waals surface area contributed by atoms with Gasteiger partial charge in [-0.15, -0.1) is 5.10 Å². The van der Waals surface area contributed by atoms with Crippen molar-refractivity contribution in [3.05, 3.63) is 34.1 Å². The number of carbonyl (C=O) groups excluding carboxylic acids is 1. The van der Waals surface area contributed by atoms with Gasteiger partial charge in [0.2, 0.25) is 5.89 Å². The molecule has 25 heavy (non-hydrogen) atoms. The van der Waals surface area contributed by atoms with Crippen LogP contribution in [0.15, 0.2) is 22.6 Å². The summed E-state index contributed by atoms with van der Waals surface area (Å²) >= 11 is 11.9. The Morgan fingerprint density at radius 3 is 2.68 bits per heavy atom. The molecule has 1 aliphatic heterocycles. The number of nitrogens with zero attached hydrogens (tertiary/aromatic N) is 4. The number of piperazine rings is 1. The number of anilines is 1. The molecule has 0 unspecified atom stereocenters. The van der Waals surface area contributed by atoms with Gasteiger partial charge in [0.05, 0.1) is 5.02 Å². The first-order valence-electron chi connectivity index (χ1n) is 7.99. The van der Waals surface area contributed by atoms with Gasteiger partial charge in [0.1, 0.15) is 5.75 Å². The summed E-state index contributed by atoms with van der Waals surface area (Å²) in [6.45, 7) is 4.27. The summed E-state index contributed by atoms with van der Waals surface area (Å²) in [6.07, 6.45) is 0.703. The van der Waals surface area contributed by atoms with Gasteiger partial charge in [0.15, 0.2) is 6.61 Å². The summed E-state index contributed by atoms with van der Waals surface area (Å²) in [6, 6.07) is 5.40. The predicted molar refractivity (Wildman–Crippen MR) is 94.4 cm³/mol. The monoisotopic (exact) mass is 384 g/mol. The van der Waals surface area contributed by atoms with E-state index in [2.05, 4.69) is 10.2 Å².